The highest BCUT2D eigenvalue weighted by Gasteiger charge is 2.30. The Labute approximate surface area is 202 Å². The molecule has 5 rings (SSSR count). The number of thiophene rings is 1. The van der Waals surface area contributed by atoms with Gasteiger partial charge in [-0.2, -0.15) is 13.2 Å². The van der Waals surface area contributed by atoms with Crippen LogP contribution in [0.4, 0.5) is 24.5 Å². The molecule has 3 aromatic carbocycles. The Bertz CT molecular complexity index is 1510. The Kier molecular flexibility index (Phi) is 5.74. The van der Waals surface area contributed by atoms with E-state index < -0.39 is 11.7 Å². The van der Waals surface area contributed by atoms with Crippen LogP contribution in [0.25, 0.3) is 32.6 Å². The van der Waals surface area contributed by atoms with Crippen LogP contribution in [0.15, 0.2) is 91.0 Å². The molecule has 0 saturated heterocycles. The fourth-order valence-corrected chi connectivity index (χ4v) is 4.84. The maximum atomic E-state index is 13.1. The lowest BCUT2D eigenvalue weighted by Crippen LogP contribution is -2.11. The molecular formula is C27H18F3N3OS. The van der Waals surface area contributed by atoms with Crippen LogP contribution in [-0.2, 0) is 6.18 Å². The molecule has 2 aromatic heterocycles. The molecule has 1 amide bonds. The summed E-state index contributed by atoms with van der Waals surface area (Å²) in [6.07, 6.45) is -4.44. The molecule has 35 heavy (non-hydrogen) atoms. The molecule has 0 bridgehead atoms. The summed E-state index contributed by atoms with van der Waals surface area (Å²) in [7, 11) is 0. The van der Waals surface area contributed by atoms with Crippen molar-refractivity contribution in [2.24, 2.45) is 0 Å². The second-order valence-electron chi connectivity index (χ2n) is 7.84. The van der Waals surface area contributed by atoms with Crippen molar-refractivity contribution in [3.05, 3.63) is 101 Å². The first kappa shape index (κ1) is 22.6. The van der Waals surface area contributed by atoms with E-state index in [0.717, 1.165) is 29.0 Å². The van der Waals surface area contributed by atoms with Crippen LogP contribution in [0.2, 0.25) is 0 Å². The highest BCUT2D eigenvalue weighted by Crippen LogP contribution is 2.42. The predicted octanol–water partition coefficient (Wildman–Crippen LogP) is 7.48. The number of rotatable bonds is 4. The second kappa shape index (κ2) is 8.88. The fourth-order valence-electron chi connectivity index (χ4n) is 3.82. The number of nitrogens with zero attached hydrogens (tertiary/aromatic N) is 1. The van der Waals surface area contributed by atoms with E-state index in [1.165, 1.54) is 12.1 Å². The van der Waals surface area contributed by atoms with E-state index in [-0.39, 0.29) is 16.5 Å². The third kappa shape index (κ3) is 4.48. The number of carbonyl (C=O) groups excluding carboxylic acids is 1. The lowest BCUT2D eigenvalue weighted by atomic mass is 9.98. The van der Waals surface area contributed by atoms with E-state index >= 15 is 0 Å². The van der Waals surface area contributed by atoms with Gasteiger partial charge in [0, 0.05) is 16.6 Å². The molecule has 0 aliphatic heterocycles. The average molecular weight is 490 g/mol. The van der Waals surface area contributed by atoms with Crippen LogP contribution in [0.1, 0.15) is 15.2 Å². The quantitative estimate of drug-likeness (QED) is 0.275. The van der Waals surface area contributed by atoms with Gasteiger partial charge in [0.2, 0.25) is 0 Å². The summed E-state index contributed by atoms with van der Waals surface area (Å²) >= 11 is 1.15. The molecule has 3 N–H and O–H groups in total. The Balaban J connectivity index is 1.67. The van der Waals surface area contributed by atoms with Gasteiger partial charge >= 0.3 is 6.18 Å². The number of para-hydroxylation sites is 1. The van der Waals surface area contributed by atoms with Gasteiger partial charge < -0.3 is 11.1 Å². The van der Waals surface area contributed by atoms with Crippen LogP contribution in [0, 0.1) is 0 Å². The zero-order chi connectivity index (χ0) is 24.6. The Morgan fingerprint density at radius 1 is 0.857 bits per heavy atom. The molecule has 0 fully saturated rings. The van der Waals surface area contributed by atoms with Crippen molar-refractivity contribution in [1.82, 2.24) is 4.98 Å². The SMILES string of the molecule is Nc1c(C(=O)Nc2ccccc2)sc2nc(-c3ccccc3)cc(-c3ccc(C(F)(F)F)cc3)c12. The predicted molar refractivity (Wildman–Crippen MR) is 134 cm³/mol. The maximum absolute atomic E-state index is 13.1. The van der Waals surface area contributed by atoms with Crippen LogP contribution in [0.3, 0.4) is 0 Å². The minimum Gasteiger partial charge on any atom is -0.397 e. The topological polar surface area (TPSA) is 68.0 Å². The molecule has 0 saturated carbocycles. The first-order valence-corrected chi connectivity index (χ1v) is 11.5. The van der Waals surface area contributed by atoms with Crippen molar-refractivity contribution in [2.45, 2.75) is 6.18 Å². The molecule has 0 aliphatic rings. The van der Waals surface area contributed by atoms with Crippen LogP contribution >= 0.6 is 11.3 Å². The summed E-state index contributed by atoms with van der Waals surface area (Å²) in [6.45, 7) is 0. The van der Waals surface area contributed by atoms with Crippen LogP contribution < -0.4 is 11.1 Å². The van der Waals surface area contributed by atoms with Gasteiger partial charge in [0.15, 0.2) is 0 Å². The Hall–Kier alpha value is -4.17. The van der Waals surface area contributed by atoms with E-state index in [2.05, 4.69) is 5.32 Å². The first-order chi connectivity index (χ1) is 16.8. The molecular weight excluding hydrogens is 471 g/mol. The number of pyridine rings is 1. The number of carbonyl (C=O) groups is 1. The molecule has 0 unspecified atom stereocenters. The molecule has 8 heteroatoms. The molecule has 0 spiro atoms. The minimum atomic E-state index is -4.44. The van der Waals surface area contributed by atoms with Crippen molar-refractivity contribution >= 4 is 38.8 Å². The third-order valence-electron chi connectivity index (χ3n) is 5.53. The van der Waals surface area contributed by atoms with Crippen LogP contribution in [-0.4, -0.2) is 10.9 Å². The number of alkyl halides is 3. The monoisotopic (exact) mass is 489 g/mol. The third-order valence-corrected chi connectivity index (χ3v) is 6.63. The molecule has 0 radical (unpaired) electrons. The van der Waals surface area contributed by atoms with Crippen LogP contribution in [0.5, 0.6) is 0 Å². The van der Waals surface area contributed by atoms with Gasteiger partial charge in [-0.25, -0.2) is 4.98 Å². The van der Waals surface area contributed by atoms with Crippen molar-refractivity contribution < 1.29 is 18.0 Å². The number of hydrogen-bond donors (Lipinski definition) is 2. The van der Waals surface area contributed by atoms with E-state index in [1.807, 2.05) is 36.4 Å². The molecule has 0 atom stereocenters. The fraction of sp³-hybridized carbons (Fsp3) is 0.0370. The summed E-state index contributed by atoms with van der Waals surface area (Å²) in [5, 5.41) is 3.36. The Morgan fingerprint density at radius 2 is 1.49 bits per heavy atom. The van der Waals surface area contributed by atoms with Gasteiger partial charge in [-0.3, -0.25) is 4.79 Å². The highest BCUT2D eigenvalue weighted by molar-refractivity contribution is 7.21. The van der Waals surface area contributed by atoms with Gasteiger partial charge in [0.05, 0.1) is 16.9 Å². The van der Waals surface area contributed by atoms with Crippen molar-refractivity contribution in [2.75, 3.05) is 11.1 Å². The van der Waals surface area contributed by atoms with Crippen molar-refractivity contribution in [3.8, 4) is 22.4 Å². The molecule has 5 aromatic rings. The van der Waals surface area contributed by atoms with E-state index in [4.69, 9.17) is 10.7 Å². The number of benzene rings is 3. The molecule has 174 valence electrons. The lowest BCUT2D eigenvalue weighted by molar-refractivity contribution is -0.137. The summed E-state index contributed by atoms with van der Waals surface area (Å²) in [5.41, 5.74) is 9.18. The van der Waals surface area contributed by atoms with Gasteiger partial charge in [0.25, 0.3) is 5.91 Å². The number of fused-ring (bicyclic) bond motifs is 1. The number of amides is 1. The summed E-state index contributed by atoms with van der Waals surface area (Å²) < 4.78 is 39.4. The number of aromatic nitrogens is 1. The molecule has 2 heterocycles. The van der Waals surface area contributed by atoms with Gasteiger partial charge in [0.1, 0.15) is 9.71 Å². The number of hydrogen-bond acceptors (Lipinski definition) is 4. The zero-order valence-electron chi connectivity index (χ0n) is 18.1. The minimum absolute atomic E-state index is 0.237. The van der Waals surface area contributed by atoms with E-state index in [9.17, 15) is 18.0 Å². The van der Waals surface area contributed by atoms with Crippen molar-refractivity contribution in [1.29, 1.82) is 0 Å². The number of halogens is 3. The number of anilines is 2. The molecule has 4 nitrogen and oxygen atoms in total. The molecule has 0 aliphatic carbocycles. The van der Waals surface area contributed by atoms with Crippen molar-refractivity contribution in [3.63, 3.8) is 0 Å². The summed E-state index contributed by atoms with van der Waals surface area (Å²) in [4.78, 5) is 18.6. The van der Waals surface area contributed by atoms with E-state index in [1.54, 1.807) is 30.3 Å². The average Bonchev–Trinajstić information content (AvgIpc) is 3.21. The van der Waals surface area contributed by atoms with Gasteiger partial charge in [-0.1, -0.05) is 60.7 Å². The standard InChI is InChI=1S/C27H18F3N3OS/c28-27(29,30)18-13-11-16(12-14-18)20-15-21(17-7-3-1-4-8-17)33-26-22(20)23(31)24(35-26)25(34)32-19-9-5-2-6-10-19/h1-15H,31H2,(H,32,34). The number of nitrogens with one attached hydrogen (secondary N) is 1. The zero-order valence-corrected chi connectivity index (χ0v) is 19.0. The summed E-state index contributed by atoms with van der Waals surface area (Å²) in [6, 6.07) is 25.1. The highest BCUT2D eigenvalue weighted by atomic mass is 32.1. The number of nitrogens with two attached hydrogens (primary N) is 1. The number of nitrogen functional groups attached to an aromatic ring is 1. The Morgan fingerprint density at radius 3 is 2.11 bits per heavy atom. The maximum Gasteiger partial charge on any atom is 0.416 e. The first-order valence-electron chi connectivity index (χ1n) is 10.6. The van der Waals surface area contributed by atoms with Gasteiger partial charge in [-0.15, -0.1) is 11.3 Å². The van der Waals surface area contributed by atoms with E-state index in [0.29, 0.717) is 32.7 Å². The summed E-state index contributed by atoms with van der Waals surface area (Å²) in [5.74, 6) is -0.378. The second-order valence-corrected chi connectivity index (χ2v) is 8.84. The smallest absolute Gasteiger partial charge is 0.397 e. The largest absolute Gasteiger partial charge is 0.416 e. The lowest BCUT2D eigenvalue weighted by Gasteiger charge is -2.11. The van der Waals surface area contributed by atoms with Gasteiger partial charge in [-0.05, 0) is 41.5 Å². The normalized spacial score (nSPS) is 11.5.